The molecule has 0 radical (unpaired) electrons. The predicted octanol–water partition coefficient (Wildman–Crippen LogP) is 3.79. The van der Waals surface area contributed by atoms with Crippen molar-refractivity contribution in [2.45, 2.75) is 33.3 Å². The summed E-state index contributed by atoms with van der Waals surface area (Å²) < 4.78 is 5.73. The van der Waals surface area contributed by atoms with Gasteiger partial charge in [0.05, 0.1) is 5.69 Å². The van der Waals surface area contributed by atoms with Gasteiger partial charge in [-0.05, 0) is 42.7 Å². The summed E-state index contributed by atoms with van der Waals surface area (Å²) in [6, 6.07) is 14.3. The van der Waals surface area contributed by atoms with E-state index in [0.717, 1.165) is 30.0 Å². The van der Waals surface area contributed by atoms with Gasteiger partial charge in [0.1, 0.15) is 12.4 Å². The molecule has 0 aliphatic rings. The summed E-state index contributed by atoms with van der Waals surface area (Å²) in [5.74, 6) is 0.899. The van der Waals surface area contributed by atoms with E-state index in [2.05, 4.69) is 31.0 Å². The van der Waals surface area contributed by atoms with Crippen LogP contribution in [0.1, 0.15) is 30.8 Å². The van der Waals surface area contributed by atoms with Crippen LogP contribution in [0, 0.1) is 0 Å². The molecule has 2 aromatic rings. The van der Waals surface area contributed by atoms with E-state index in [9.17, 15) is 0 Å². The minimum atomic E-state index is 0.527. The highest BCUT2D eigenvalue weighted by Crippen LogP contribution is 2.14. The van der Waals surface area contributed by atoms with Crippen molar-refractivity contribution in [3.63, 3.8) is 0 Å². The molecule has 18 heavy (non-hydrogen) atoms. The largest absolute Gasteiger partial charge is 0.487 e. The maximum atomic E-state index is 5.73. The Hall–Kier alpha value is -1.83. The van der Waals surface area contributed by atoms with E-state index >= 15 is 0 Å². The summed E-state index contributed by atoms with van der Waals surface area (Å²) >= 11 is 0. The van der Waals surface area contributed by atoms with Crippen LogP contribution in [-0.2, 0) is 19.4 Å². The van der Waals surface area contributed by atoms with Crippen molar-refractivity contribution in [3.8, 4) is 5.75 Å². The number of rotatable bonds is 5. The summed E-state index contributed by atoms with van der Waals surface area (Å²) in [5.41, 5.74) is 3.42. The van der Waals surface area contributed by atoms with E-state index in [4.69, 9.17) is 4.74 Å². The fraction of sp³-hybridized carbons (Fsp3) is 0.312. The summed E-state index contributed by atoms with van der Waals surface area (Å²) in [4.78, 5) is 4.52. The number of ether oxygens (including phenoxy) is 1. The Morgan fingerprint density at radius 2 is 1.61 bits per heavy atom. The van der Waals surface area contributed by atoms with Crippen molar-refractivity contribution >= 4 is 0 Å². The molecule has 0 amide bonds. The SMILES string of the molecule is CCc1ccc(OCc2cccc(CC)n2)cc1. The smallest absolute Gasteiger partial charge is 0.130 e. The topological polar surface area (TPSA) is 22.1 Å². The van der Waals surface area contributed by atoms with Crippen LogP contribution >= 0.6 is 0 Å². The van der Waals surface area contributed by atoms with E-state index < -0.39 is 0 Å². The van der Waals surface area contributed by atoms with Crippen LogP contribution in [0.3, 0.4) is 0 Å². The molecular formula is C16H19NO. The predicted molar refractivity (Wildman–Crippen MR) is 73.8 cm³/mol. The van der Waals surface area contributed by atoms with E-state index in [0.29, 0.717) is 6.61 Å². The van der Waals surface area contributed by atoms with Crippen LogP contribution in [0.4, 0.5) is 0 Å². The molecule has 0 unspecified atom stereocenters. The van der Waals surface area contributed by atoms with Crippen LogP contribution < -0.4 is 4.74 Å². The fourth-order valence-electron chi connectivity index (χ4n) is 1.79. The summed E-state index contributed by atoms with van der Waals surface area (Å²) in [5, 5.41) is 0. The Kier molecular flexibility index (Phi) is 4.35. The first kappa shape index (κ1) is 12.6. The highest BCUT2D eigenvalue weighted by atomic mass is 16.5. The fourth-order valence-corrected chi connectivity index (χ4v) is 1.79. The molecule has 1 heterocycles. The summed E-state index contributed by atoms with van der Waals surface area (Å²) in [6.07, 6.45) is 2.01. The number of hydrogen-bond donors (Lipinski definition) is 0. The molecule has 0 saturated carbocycles. The Balaban J connectivity index is 1.97. The lowest BCUT2D eigenvalue weighted by atomic mass is 10.2. The van der Waals surface area contributed by atoms with Crippen LogP contribution in [0.15, 0.2) is 42.5 Å². The van der Waals surface area contributed by atoms with E-state index in [1.54, 1.807) is 0 Å². The van der Waals surface area contributed by atoms with Crippen molar-refractivity contribution < 1.29 is 4.74 Å². The highest BCUT2D eigenvalue weighted by Gasteiger charge is 1.99. The van der Waals surface area contributed by atoms with Gasteiger partial charge in [-0.15, -0.1) is 0 Å². The average molecular weight is 241 g/mol. The molecule has 94 valence electrons. The van der Waals surface area contributed by atoms with Crippen LogP contribution in [0.5, 0.6) is 5.75 Å². The number of pyridine rings is 1. The number of nitrogens with zero attached hydrogens (tertiary/aromatic N) is 1. The van der Waals surface area contributed by atoms with Crippen molar-refractivity contribution in [2.24, 2.45) is 0 Å². The first-order valence-corrected chi connectivity index (χ1v) is 6.48. The second-order valence-corrected chi connectivity index (χ2v) is 4.26. The maximum absolute atomic E-state index is 5.73. The summed E-state index contributed by atoms with van der Waals surface area (Å²) in [6.45, 7) is 4.78. The second-order valence-electron chi connectivity index (χ2n) is 4.26. The van der Waals surface area contributed by atoms with Crippen LogP contribution in [0.2, 0.25) is 0 Å². The van der Waals surface area contributed by atoms with E-state index in [1.165, 1.54) is 5.56 Å². The van der Waals surface area contributed by atoms with E-state index in [1.807, 2.05) is 30.3 Å². The molecule has 0 saturated heterocycles. The molecule has 0 bridgehead atoms. The average Bonchev–Trinajstić information content (AvgIpc) is 2.46. The number of aryl methyl sites for hydroxylation is 2. The number of aromatic nitrogens is 1. The standard InChI is InChI=1S/C16H19NO/c1-3-13-8-10-16(11-9-13)18-12-15-7-5-6-14(4-2)17-15/h5-11H,3-4,12H2,1-2H3. The normalized spacial score (nSPS) is 10.3. The van der Waals surface area contributed by atoms with Gasteiger partial charge in [0.25, 0.3) is 0 Å². The highest BCUT2D eigenvalue weighted by molar-refractivity contribution is 5.27. The van der Waals surface area contributed by atoms with Gasteiger partial charge in [-0.1, -0.05) is 32.0 Å². The van der Waals surface area contributed by atoms with Gasteiger partial charge >= 0.3 is 0 Å². The molecule has 2 heteroatoms. The Bertz CT molecular complexity index is 491. The lowest BCUT2D eigenvalue weighted by Gasteiger charge is -2.07. The van der Waals surface area contributed by atoms with Gasteiger partial charge in [-0.3, -0.25) is 4.98 Å². The quantitative estimate of drug-likeness (QED) is 0.794. The molecule has 1 aromatic heterocycles. The maximum Gasteiger partial charge on any atom is 0.130 e. The molecule has 2 nitrogen and oxygen atoms in total. The molecule has 0 atom stereocenters. The van der Waals surface area contributed by atoms with Gasteiger partial charge in [0.15, 0.2) is 0 Å². The monoisotopic (exact) mass is 241 g/mol. The zero-order chi connectivity index (χ0) is 12.8. The number of benzene rings is 1. The molecule has 1 aromatic carbocycles. The van der Waals surface area contributed by atoms with Gasteiger partial charge in [0, 0.05) is 5.69 Å². The second kappa shape index (κ2) is 6.20. The molecule has 0 N–H and O–H groups in total. The van der Waals surface area contributed by atoms with E-state index in [-0.39, 0.29) is 0 Å². The van der Waals surface area contributed by atoms with Crippen molar-refractivity contribution in [3.05, 3.63) is 59.4 Å². The van der Waals surface area contributed by atoms with Crippen molar-refractivity contribution in [2.75, 3.05) is 0 Å². The lowest BCUT2D eigenvalue weighted by Crippen LogP contribution is -2.00. The lowest BCUT2D eigenvalue weighted by molar-refractivity contribution is 0.301. The van der Waals surface area contributed by atoms with Gasteiger partial charge in [-0.25, -0.2) is 0 Å². The minimum absolute atomic E-state index is 0.527. The third kappa shape index (κ3) is 3.33. The van der Waals surface area contributed by atoms with Crippen LogP contribution in [0.25, 0.3) is 0 Å². The zero-order valence-electron chi connectivity index (χ0n) is 11.0. The van der Waals surface area contributed by atoms with Gasteiger partial charge in [-0.2, -0.15) is 0 Å². The summed E-state index contributed by atoms with van der Waals surface area (Å²) in [7, 11) is 0. The van der Waals surface area contributed by atoms with Gasteiger partial charge < -0.3 is 4.74 Å². The first-order chi connectivity index (χ1) is 8.81. The van der Waals surface area contributed by atoms with Crippen molar-refractivity contribution in [1.29, 1.82) is 0 Å². The Morgan fingerprint density at radius 3 is 2.28 bits per heavy atom. The third-order valence-electron chi connectivity index (χ3n) is 2.94. The molecule has 0 fully saturated rings. The van der Waals surface area contributed by atoms with Crippen molar-refractivity contribution in [1.82, 2.24) is 4.98 Å². The molecule has 0 spiro atoms. The molecule has 0 aliphatic carbocycles. The Morgan fingerprint density at radius 1 is 0.889 bits per heavy atom. The van der Waals surface area contributed by atoms with Crippen LogP contribution in [-0.4, -0.2) is 4.98 Å². The molecule has 0 aliphatic heterocycles. The minimum Gasteiger partial charge on any atom is -0.487 e. The molecule has 2 rings (SSSR count). The first-order valence-electron chi connectivity index (χ1n) is 6.48. The zero-order valence-corrected chi connectivity index (χ0v) is 11.0. The number of hydrogen-bond acceptors (Lipinski definition) is 2. The third-order valence-corrected chi connectivity index (χ3v) is 2.94. The van der Waals surface area contributed by atoms with Gasteiger partial charge in [0.2, 0.25) is 0 Å². The molecular weight excluding hydrogens is 222 g/mol. The Labute approximate surface area is 109 Å².